The first-order chi connectivity index (χ1) is 9.56. The monoisotopic (exact) mass is 273 g/mol. The van der Waals surface area contributed by atoms with Crippen molar-refractivity contribution in [2.75, 3.05) is 0 Å². The minimum Gasteiger partial charge on any atom is -0.481 e. The molecule has 0 amide bonds. The second kappa shape index (κ2) is 5.21. The summed E-state index contributed by atoms with van der Waals surface area (Å²) in [4.78, 5) is 13.7. The minimum absolute atomic E-state index is 0.149. The standard InChI is InChI=1S/C17H23NO2/c1-11(2)13-5-3-12(4-6-13)10-18-14-7-8-16(18)15(9-14)17(19)20/h3-6,11,14-16H,7-10H2,1-2H3,(H,19,20). The zero-order valence-corrected chi connectivity index (χ0v) is 12.2. The number of rotatable bonds is 4. The Balaban J connectivity index is 1.71. The van der Waals surface area contributed by atoms with Crippen molar-refractivity contribution in [1.29, 1.82) is 0 Å². The SMILES string of the molecule is CC(C)c1ccc(CN2C3CCC2C(C(=O)O)C3)cc1. The predicted octanol–water partition coefficient (Wildman–Crippen LogP) is 3.25. The zero-order chi connectivity index (χ0) is 14.3. The Morgan fingerprint density at radius 3 is 2.55 bits per heavy atom. The lowest BCUT2D eigenvalue weighted by Gasteiger charge is -2.23. The lowest BCUT2D eigenvalue weighted by Crippen LogP contribution is -2.32. The molecule has 0 aromatic heterocycles. The summed E-state index contributed by atoms with van der Waals surface area (Å²) in [6.45, 7) is 5.30. The van der Waals surface area contributed by atoms with Crippen LogP contribution < -0.4 is 0 Å². The van der Waals surface area contributed by atoms with Crippen molar-refractivity contribution in [3.8, 4) is 0 Å². The number of fused-ring (bicyclic) bond motifs is 2. The summed E-state index contributed by atoms with van der Waals surface area (Å²) >= 11 is 0. The lowest BCUT2D eigenvalue weighted by molar-refractivity contribution is -0.142. The van der Waals surface area contributed by atoms with E-state index < -0.39 is 5.97 Å². The summed E-state index contributed by atoms with van der Waals surface area (Å²) in [5, 5.41) is 9.29. The molecule has 3 rings (SSSR count). The molecule has 1 aromatic carbocycles. The summed E-state index contributed by atoms with van der Waals surface area (Å²) in [6, 6.07) is 9.53. The van der Waals surface area contributed by atoms with Crippen LogP contribution in [0.2, 0.25) is 0 Å². The Bertz CT molecular complexity index is 494. The van der Waals surface area contributed by atoms with Gasteiger partial charge >= 0.3 is 5.97 Å². The van der Waals surface area contributed by atoms with Crippen LogP contribution in [0, 0.1) is 5.92 Å². The maximum absolute atomic E-state index is 11.3. The number of nitrogens with zero attached hydrogens (tertiary/aromatic N) is 1. The molecule has 2 aliphatic rings. The van der Waals surface area contributed by atoms with Gasteiger partial charge in [-0.05, 0) is 36.3 Å². The van der Waals surface area contributed by atoms with Crippen molar-refractivity contribution >= 4 is 5.97 Å². The van der Waals surface area contributed by atoms with Crippen molar-refractivity contribution in [1.82, 2.24) is 4.90 Å². The molecule has 2 fully saturated rings. The van der Waals surface area contributed by atoms with Crippen LogP contribution >= 0.6 is 0 Å². The highest BCUT2D eigenvalue weighted by Crippen LogP contribution is 2.42. The van der Waals surface area contributed by atoms with Gasteiger partial charge in [-0.1, -0.05) is 38.1 Å². The van der Waals surface area contributed by atoms with Crippen LogP contribution in [-0.2, 0) is 11.3 Å². The summed E-state index contributed by atoms with van der Waals surface area (Å²) < 4.78 is 0. The average Bonchev–Trinajstić information content (AvgIpc) is 2.96. The smallest absolute Gasteiger partial charge is 0.308 e. The normalized spacial score (nSPS) is 29.2. The molecule has 20 heavy (non-hydrogen) atoms. The van der Waals surface area contributed by atoms with E-state index >= 15 is 0 Å². The van der Waals surface area contributed by atoms with E-state index in [4.69, 9.17) is 0 Å². The van der Waals surface area contributed by atoms with Crippen LogP contribution in [-0.4, -0.2) is 28.1 Å². The summed E-state index contributed by atoms with van der Waals surface area (Å²) in [5.41, 5.74) is 2.67. The molecule has 1 aromatic rings. The van der Waals surface area contributed by atoms with Crippen molar-refractivity contribution < 1.29 is 9.90 Å². The predicted molar refractivity (Wildman–Crippen MR) is 78.6 cm³/mol. The van der Waals surface area contributed by atoms with Crippen molar-refractivity contribution in [3.05, 3.63) is 35.4 Å². The Morgan fingerprint density at radius 1 is 1.30 bits per heavy atom. The number of carbonyl (C=O) groups is 1. The number of hydrogen-bond donors (Lipinski definition) is 1. The van der Waals surface area contributed by atoms with E-state index in [1.165, 1.54) is 17.5 Å². The molecule has 3 unspecified atom stereocenters. The second-order valence-electron chi connectivity index (χ2n) is 6.55. The average molecular weight is 273 g/mol. The molecular formula is C17H23NO2. The molecule has 108 valence electrons. The highest BCUT2D eigenvalue weighted by atomic mass is 16.4. The highest BCUT2D eigenvalue weighted by Gasteiger charge is 2.48. The van der Waals surface area contributed by atoms with Gasteiger partial charge < -0.3 is 5.11 Å². The number of carboxylic acid groups (broad SMARTS) is 1. The van der Waals surface area contributed by atoms with E-state index in [2.05, 4.69) is 43.0 Å². The quantitative estimate of drug-likeness (QED) is 0.915. The Labute approximate surface area is 120 Å². The van der Waals surface area contributed by atoms with Crippen molar-refractivity contribution in [2.24, 2.45) is 5.92 Å². The number of hydrogen-bond acceptors (Lipinski definition) is 2. The third-order valence-corrected chi connectivity index (χ3v) is 5.01. The van der Waals surface area contributed by atoms with Gasteiger partial charge in [0.1, 0.15) is 0 Å². The number of benzene rings is 1. The summed E-state index contributed by atoms with van der Waals surface area (Å²) in [6.07, 6.45) is 3.05. The molecule has 3 atom stereocenters. The molecule has 3 heteroatoms. The fraction of sp³-hybridized carbons (Fsp3) is 0.588. The molecule has 0 spiro atoms. The van der Waals surface area contributed by atoms with E-state index in [9.17, 15) is 9.90 Å². The van der Waals surface area contributed by atoms with Crippen LogP contribution in [0.4, 0.5) is 0 Å². The topological polar surface area (TPSA) is 40.5 Å². The van der Waals surface area contributed by atoms with E-state index in [0.29, 0.717) is 12.0 Å². The van der Waals surface area contributed by atoms with Crippen molar-refractivity contribution in [2.45, 2.75) is 57.7 Å². The molecule has 2 heterocycles. The van der Waals surface area contributed by atoms with Gasteiger partial charge in [0.25, 0.3) is 0 Å². The molecule has 0 saturated carbocycles. The van der Waals surface area contributed by atoms with E-state index in [1.54, 1.807) is 0 Å². The molecular weight excluding hydrogens is 250 g/mol. The summed E-state index contributed by atoms with van der Waals surface area (Å²) in [7, 11) is 0. The number of carboxylic acids is 1. The van der Waals surface area contributed by atoms with Gasteiger partial charge in [-0.2, -0.15) is 0 Å². The first-order valence-electron chi connectivity index (χ1n) is 7.63. The first-order valence-corrected chi connectivity index (χ1v) is 7.63. The van der Waals surface area contributed by atoms with Gasteiger partial charge in [0.2, 0.25) is 0 Å². The third-order valence-electron chi connectivity index (χ3n) is 5.01. The van der Waals surface area contributed by atoms with E-state index in [-0.39, 0.29) is 12.0 Å². The molecule has 1 N–H and O–H groups in total. The third kappa shape index (κ3) is 2.35. The minimum atomic E-state index is -0.614. The van der Waals surface area contributed by atoms with Gasteiger partial charge in [0.05, 0.1) is 5.92 Å². The van der Waals surface area contributed by atoms with E-state index in [1.807, 2.05) is 0 Å². The Kier molecular flexibility index (Phi) is 3.55. The van der Waals surface area contributed by atoms with Crippen LogP contribution in [0.25, 0.3) is 0 Å². The lowest BCUT2D eigenvalue weighted by atomic mass is 9.89. The molecule has 2 saturated heterocycles. The van der Waals surface area contributed by atoms with Crippen molar-refractivity contribution in [3.63, 3.8) is 0 Å². The van der Waals surface area contributed by atoms with Crippen LogP contribution in [0.1, 0.15) is 50.2 Å². The van der Waals surface area contributed by atoms with Crippen LogP contribution in [0.3, 0.4) is 0 Å². The maximum Gasteiger partial charge on any atom is 0.308 e. The fourth-order valence-corrected chi connectivity index (χ4v) is 3.83. The maximum atomic E-state index is 11.3. The Morgan fingerprint density at radius 2 is 2.00 bits per heavy atom. The van der Waals surface area contributed by atoms with Gasteiger partial charge in [0.15, 0.2) is 0 Å². The molecule has 0 aliphatic carbocycles. The molecule has 3 nitrogen and oxygen atoms in total. The molecule has 2 aliphatic heterocycles. The highest BCUT2D eigenvalue weighted by molar-refractivity contribution is 5.71. The fourth-order valence-electron chi connectivity index (χ4n) is 3.83. The van der Waals surface area contributed by atoms with Gasteiger partial charge in [-0.15, -0.1) is 0 Å². The zero-order valence-electron chi connectivity index (χ0n) is 12.2. The molecule has 0 radical (unpaired) electrons. The second-order valence-corrected chi connectivity index (χ2v) is 6.55. The molecule has 2 bridgehead atoms. The first kappa shape index (κ1) is 13.6. The van der Waals surface area contributed by atoms with Crippen LogP contribution in [0.15, 0.2) is 24.3 Å². The van der Waals surface area contributed by atoms with Crippen LogP contribution in [0.5, 0.6) is 0 Å². The Hall–Kier alpha value is -1.35. The van der Waals surface area contributed by atoms with Gasteiger partial charge in [0, 0.05) is 18.6 Å². The number of aliphatic carboxylic acids is 1. The summed E-state index contributed by atoms with van der Waals surface area (Å²) in [5.74, 6) is -0.204. The van der Waals surface area contributed by atoms with Gasteiger partial charge in [-0.3, -0.25) is 9.69 Å². The largest absolute Gasteiger partial charge is 0.481 e. The van der Waals surface area contributed by atoms with Gasteiger partial charge in [-0.25, -0.2) is 0 Å². The van der Waals surface area contributed by atoms with E-state index in [0.717, 1.165) is 19.4 Å².